The van der Waals surface area contributed by atoms with Crippen molar-refractivity contribution in [1.82, 2.24) is 35.0 Å². The van der Waals surface area contributed by atoms with Crippen molar-refractivity contribution in [1.29, 1.82) is 0 Å². The van der Waals surface area contributed by atoms with Crippen molar-refractivity contribution in [3.63, 3.8) is 0 Å². The minimum Gasteiger partial charge on any atom is -0.492 e. The lowest BCUT2D eigenvalue weighted by atomic mass is 9.92. The van der Waals surface area contributed by atoms with E-state index >= 15 is 0 Å². The summed E-state index contributed by atoms with van der Waals surface area (Å²) in [6, 6.07) is 14.2. The Kier molecular flexibility index (Phi) is 8.03. The van der Waals surface area contributed by atoms with Crippen LogP contribution in [0.3, 0.4) is 0 Å². The summed E-state index contributed by atoms with van der Waals surface area (Å²) in [5.74, 6) is 0.0189. The Morgan fingerprint density at radius 1 is 1.04 bits per heavy atom. The van der Waals surface area contributed by atoms with Gasteiger partial charge in [0.25, 0.3) is 0 Å². The van der Waals surface area contributed by atoms with E-state index in [1.807, 2.05) is 76.2 Å². The van der Waals surface area contributed by atoms with Crippen LogP contribution in [0.5, 0.6) is 5.75 Å². The number of rotatable bonds is 9. The first-order chi connectivity index (χ1) is 21.5. The standard InChI is InChI=1S/C34H35FN8O2/c1-34(2,3)17-30(44)38-23-13-21(18-36-19-23)27-6-7-28-31(39-27)32(42-41-28)29-16-26-25(8-9-37-33(26)40-29)20-12-22(35)15-24(14-20)45-11-10-43(4)5/h6-9,12-16,18-19H,10-11,17H2,1-5H3,(H,37,40)(H,38,44)(H,41,42). The van der Waals surface area contributed by atoms with E-state index in [-0.39, 0.29) is 17.1 Å². The lowest BCUT2D eigenvalue weighted by Crippen LogP contribution is -2.19. The van der Waals surface area contributed by atoms with Crippen molar-refractivity contribution in [2.24, 2.45) is 5.41 Å². The third-order valence-corrected chi connectivity index (χ3v) is 7.19. The number of nitrogens with one attached hydrogen (secondary N) is 3. The molecule has 230 valence electrons. The minimum absolute atomic E-state index is 0.0694. The Balaban J connectivity index is 1.33. The van der Waals surface area contributed by atoms with E-state index in [4.69, 9.17) is 9.72 Å². The maximum Gasteiger partial charge on any atom is 0.224 e. The van der Waals surface area contributed by atoms with Crippen LogP contribution in [0.4, 0.5) is 10.1 Å². The number of carbonyl (C=O) groups is 1. The molecule has 0 radical (unpaired) electrons. The summed E-state index contributed by atoms with van der Waals surface area (Å²) in [4.78, 5) is 31.6. The molecule has 0 fully saturated rings. The van der Waals surface area contributed by atoms with Crippen molar-refractivity contribution in [2.45, 2.75) is 27.2 Å². The molecule has 0 spiro atoms. The molecule has 0 aliphatic carbocycles. The van der Waals surface area contributed by atoms with Gasteiger partial charge < -0.3 is 19.9 Å². The van der Waals surface area contributed by atoms with Gasteiger partial charge in [-0.25, -0.2) is 14.4 Å². The van der Waals surface area contributed by atoms with Crippen LogP contribution in [0.15, 0.2) is 67.1 Å². The van der Waals surface area contributed by atoms with Gasteiger partial charge in [0, 0.05) is 42.4 Å². The van der Waals surface area contributed by atoms with Gasteiger partial charge in [0.15, 0.2) is 0 Å². The summed E-state index contributed by atoms with van der Waals surface area (Å²) in [6.45, 7) is 7.23. The molecule has 6 rings (SSSR count). The zero-order valence-corrected chi connectivity index (χ0v) is 25.9. The highest BCUT2D eigenvalue weighted by atomic mass is 19.1. The number of H-pyrrole nitrogens is 2. The zero-order chi connectivity index (χ0) is 31.7. The maximum absolute atomic E-state index is 14.7. The molecule has 10 nitrogen and oxygen atoms in total. The largest absolute Gasteiger partial charge is 0.492 e. The predicted molar refractivity (Wildman–Crippen MR) is 174 cm³/mol. The summed E-state index contributed by atoms with van der Waals surface area (Å²) < 4.78 is 20.5. The number of likely N-dealkylation sites (N-methyl/N-ethyl adjacent to an activating group) is 1. The van der Waals surface area contributed by atoms with E-state index < -0.39 is 0 Å². The topological polar surface area (TPSA) is 125 Å². The number of benzene rings is 1. The first kappa shape index (κ1) is 29.9. The Morgan fingerprint density at radius 2 is 1.89 bits per heavy atom. The number of anilines is 1. The average Bonchev–Trinajstić information content (AvgIpc) is 3.59. The number of aromatic nitrogens is 6. The molecule has 0 bridgehead atoms. The van der Waals surface area contributed by atoms with E-state index in [0.717, 1.165) is 28.6 Å². The summed E-state index contributed by atoms with van der Waals surface area (Å²) in [7, 11) is 3.92. The molecule has 0 atom stereocenters. The van der Waals surface area contributed by atoms with Crippen molar-refractivity contribution in [3.05, 3.63) is 72.9 Å². The van der Waals surface area contributed by atoms with E-state index in [9.17, 15) is 9.18 Å². The highest BCUT2D eigenvalue weighted by Gasteiger charge is 2.18. The SMILES string of the molecule is CN(C)CCOc1cc(F)cc(-c2ccnc3[nH]c(-c4n[nH]c5ccc(-c6cncc(NC(=O)CC(C)(C)C)c6)nc45)cc23)c1. The van der Waals surface area contributed by atoms with E-state index in [1.165, 1.54) is 12.1 Å². The van der Waals surface area contributed by atoms with Gasteiger partial charge in [-0.1, -0.05) is 20.8 Å². The van der Waals surface area contributed by atoms with Crippen molar-refractivity contribution in [2.75, 3.05) is 32.6 Å². The Hall–Kier alpha value is -5.16. The van der Waals surface area contributed by atoms with Crippen LogP contribution in [-0.2, 0) is 4.79 Å². The molecule has 0 aliphatic rings. The highest BCUT2D eigenvalue weighted by Crippen LogP contribution is 2.35. The lowest BCUT2D eigenvalue weighted by Gasteiger charge is -2.17. The number of amides is 1. The van der Waals surface area contributed by atoms with Crippen LogP contribution >= 0.6 is 0 Å². The Labute approximate surface area is 260 Å². The second-order valence-electron chi connectivity index (χ2n) is 12.5. The highest BCUT2D eigenvalue weighted by molar-refractivity contribution is 5.99. The van der Waals surface area contributed by atoms with Crippen LogP contribution in [0.2, 0.25) is 0 Å². The number of ether oxygens (including phenoxy) is 1. The van der Waals surface area contributed by atoms with Crippen LogP contribution < -0.4 is 10.1 Å². The van der Waals surface area contributed by atoms with Gasteiger partial charge >= 0.3 is 0 Å². The van der Waals surface area contributed by atoms with E-state index in [2.05, 4.69) is 30.5 Å². The third kappa shape index (κ3) is 6.83. The van der Waals surface area contributed by atoms with Crippen LogP contribution in [-0.4, -0.2) is 68.2 Å². The van der Waals surface area contributed by atoms with Gasteiger partial charge in [-0.2, -0.15) is 5.10 Å². The number of pyridine rings is 3. The molecule has 3 N–H and O–H groups in total. The van der Waals surface area contributed by atoms with Gasteiger partial charge in [-0.3, -0.25) is 14.9 Å². The lowest BCUT2D eigenvalue weighted by molar-refractivity contribution is -0.117. The normalized spacial score (nSPS) is 11.9. The Bertz CT molecular complexity index is 2010. The molecule has 6 aromatic rings. The fourth-order valence-electron chi connectivity index (χ4n) is 5.14. The number of hydrogen-bond donors (Lipinski definition) is 3. The van der Waals surface area contributed by atoms with Crippen molar-refractivity contribution >= 4 is 33.7 Å². The molecular weight excluding hydrogens is 571 g/mol. The van der Waals surface area contributed by atoms with Gasteiger partial charge in [0.1, 0.15) is 35.0 Å². The molecule has 1 aromatic carbocycles. The van der Waals surface area contributed by atoms with Crippen LogP contribution in [0, 0.1) is 11.2 Å². The number of nitrogens with zero attached hydrogens (tertiary/aromatic N) is 5. The molecule has 0 saturated heterocycles. The molecule has 5 aromatic heterocycles. The van der Waals surface area contributed by atoms with Crippen molar-refractivity contribution in [3.8, 4) is 39.5 Å². The molecule has 0 unspecified atom stereocenters. The van der Waals surface area contributed by atoms with Crippen LogP contribution in [0.1, 0.15) is 27.2 Å². The van der Waals surface area contributed by atoms with Gasteiger partial charge in [0.2, 0.25) is 5.91 Å². The molecule has 5 heterocycles. The minimum atomic E-state index is -0.379. The van der Waals surface area contributed by atoms with Gasteiger partial charge in [-0.15, -0.1) is 0 Å². The van der Waals surface area contributed by atoms with Gasteiger partial charge in [-0.05, 0) is 73.1 Å². The first-order valence-corrected chi connectivity index (χ1v) is 14.7. The van der Waals surface area contributed by atoms with Crippen molar-refractivity contribution < 1.29 is 13.9 Å². The summed E-state index contributed by atoms with van der Waals surface area (Å²) in [6.07, 6.45) is 5.42. The van der Waals surface area contributed by atoms with Crippen LogP contribution in [0.25, 0.3) is 55.8 Å². The molecular formula is C34H35FN8O2. The quantitative estimate of drug-likeness (QED) is 0.168. The second kappa shape index (κ2) is 12.1. The number of halogens is 1. The van der Waals surface area contributed by atoms with E-state index in [0.29, 0.717) is 58.3 Å². The van der Waals surface area contributed by atoms with Gasteiger partial charge in [0.05, 0.1) is 28.8 Å². The Morgan fingerprint density at radius 3 is 2.69 bits per heavy atom. The fourth-order valence-corrected chi connectivity index (χ4v) is 5.14. The summed E-state index contributed by atoms with van der Waals surface area (Å²) in [5.41, 5.74) is 6.79. The van der Waals surface area contributed by atoms with E-state index in [1.54, 1.807) is 18.6 Å². The molecule has 0 aliphatic heterocycles. The molecule has 0 saturated carbocycles. The first-order valence-electron chi connectivity index (χ1n) is 14.7. The number of aromatic amines is 2. The fraction of sp³-hybridized carbons (Fsp3) is 0.265. The molecule has 11 heteroatoms. The average molecular weight is 607 g/mol. The second-order valence-corrected chi connectivity index (χ2v) is 12.5. The third-order valence-electron chi connectivity index (χ3n) is 7.19. The summed E-state index contributed by atoms with van der Waals surface area (Å²) in [5, 5.41) is 11.4. The number of fused-ring (bicyclic) bond motifs is 2. The number of carbonyl (C=O) groups excluding carboxylic acids is 1. The number of hydrogen-bond acceptors (Lipinski definition) is 7. The molecule has 1 amide bonds. The molecule has 45 heavy (non-hydrogen) atoms. The predicted octanol–water partition coefficient (Wildman–Crippen LogP) is 6.68. The smallest absolute Gasteiger partial charge is 0.224 e. The zero-order valence-electron chi connectivity index (χ0n) is 25.9. The monoisotopic (exact) mass is 606 g/mol. The maximum atomic E-state index is 14.7. The summed E-state index contributed by atoms with van der Waals surface area (Å²) >= 11 is 0.